The Balaban J connectivity index is 0. The molecule has 0 fully saturated rings. The Bertz CT molecular complexity index is 169. The van der Waals surface area contributed by atoms with E-state index in [0.717, 1.165) is 19.3 Å². The first-order valence-electron chi connectivity index (χ1n) is 4.74. The van der Waals surface area contributed by atoms with Gasteiger partial charge in [-0.15, -0.1) is 0 Å². The normalized spacial score (nSPS) is 14.5. The standard InChI is InChI=1S/C8H18IO3P.Na.H/c1-2-3-4-5-6-7-8-13(10,11)12-9;;/h2-8H2,1H3,(H,10,11);;. The SMILES string of the molecule is CCCCCCCCP(=O)(O)OI.[NaH]. The first-order valence-corrected chi connectivity index (χ1v) is 7.39. The molecule has 0 bridgehead atoms. The van der Waals surface area contributed by atoms with Gasteiger partial charge in [0.2, 0.25) is 0 Å². The summed E-state index contributed by atoms with van der Waals surface area (Å²) in [5, 5.41) is 0. The van der Waals surface area contributed by atoms with E-state index in [-0.39, 0.29) is 29.6 Å². The van der Waals surface area contributed by atoms with Crippen molar-refractivity contribution in [2.24, 2.45) is 0 Å². The molecule has 1 unspecified atom stereocenters. The second kappa shape index (κ2) is 11.4. The Labute approximate surface area is 123 Å². The van der Waals surface area contributed by atoms with Crippen LogP contribution in [0.3, 0.4) is 0 Å². The van der Waals surface area contributed by atoms with Gasteiger partial charge in [-0.05, 0) is 6.42 Å². The summed E-state index contributed by atoms with van der Waals surface area (Å²) in [6.07, 6.45) is 7.01. The predicted molar refractivity (Wildman–Crippen MR) is 70.3 cm³/mol. The number of rotatable bonds is 8. The minimum atomic E-state index is -3.24. The average Bonchev–Trinajstić information content (AvgIpc) is 2.11. The van der Waals surface area contributed by atoms with Crippen LogP contribution in [0.25, 0.3) is 0 Å². The van der Waals surface area contributed by atoms with E-state index in [1.807, 2.05) is 0 Å². The van der Waals surface area contributed by atoms with Crippen LogP contribution in [0, 0.1) is 0 Å². The quantitative estimate of drug-likeness (QED) is 0.318. The molecule has 0 aliphatic heterocycles. The van der Waals surface area contributed by atoms with Crippen molar-refractivity contribution in [2.75, 3.05) is 6.16 Å². The molecule has 1 N–H and O–H groups in total. The van der Waals surface area contributed by atoms with Crippen LogP contribution in [-0.4, -0.2) is 40.6 Å². The Morgan fingerprint density at radius 2 is 1.71 bits per heavy atom. The van der Waals surface area contributed by atoms with Crippen molar-refractivity contribution in [3.8, 4) is 0 Å². The predicted octanol–water partition coefficient (Wildman–Crippen LogP) is 3.25. The molecular weight excluding hydrogens is 325 g/mol. The molecule has 0 spiro atoms. The van der Waals surface area contributed by atoms with E-state index in [1.54, 1.807) is 0 Å². The molecule has 0 radical (unpaired) electrons. The van der Waals surface area contributed by atoms with Crippen LogP contribution >= 0.6 is 30.6 Å². The maximum atomic E-state index is 11.0. The Kier molecular flexibility index (Phi) is 14.8. The van der Waals surface area contributed by atoms with Gasteiger partial charge in [-0.1, -0.05) is 39.0 Å². The molecule has 0 aliphatic carbocycles. The van der Waals surface area contributed by atoms with E-state index in [9.17, 15) is 4.57 Å². The summed E-state index contributed by atoms with van der Waals surface area (Å²) in [6.45, 7) is 2.17. The Morgan fingerprint density at radius 3 is 2.21 bits per heavy atom. The molecule has 0 aromatic carbocycles. The van der Waals surface area contributed by atoms with Crippen molar-refractivity contribution >= 4 is 60.2 Å². The van der Waals surface area contributed by atoms with Gasteiger partial charge in [0, 0.05) is 0 Å². The molecule has 0 amide bonds. The molecule has 0 aliphatic rings. The van der Waals surface area contributed by atoms with Crippen molar-refractivity contribution in [2.45, 2.75) is 45.4 Å². The van der Waals surface area contributed by atoms with Crippen LogP contribution < -0.4 is 0 Å². The molecule has 0 aromatic rings. The van der Waals surface area contributed by atoms with Crippen LogP contribution in [0.1, 0.15) is 45.4 Å². The van der Waals surface area contributed by atoms with Crippen molar-refractivity contribution in [1.29, 1.82) is 0 Å². The number of hydrogen-bond donors (Lipinski definition) is 1. The van der Waals surface area contributed by atoms with Crippen molar-refractivity contribution in [3.63, 3.8) is 0 Å². The summed E-state index contributed by atoms with van der Waals surface area (Å²) in [5.41, 5.74) is 0. The van der Waals surface area contributed by atoms with Crippen molar-refractivity contribution in [3.05, 3.63) is 0 Å². The third-order valence-electron chi connectivity index (χ3n) is 1.90. The molecule has 6 heteroatoms. The summed E-state index contributed by atoms with van der Waals surface area (Å²) in [6, 6.07) is 0. The fourth-order valence-corrected chi connectivity index (χ4v) is 2.41. The fraction of sp³-hybridized carbons (Fsp3) is 1.00. The van der Waals surface area contributed by atoms with Crippen LogP contribution in [0.2, 0.25) is 0 Å². The molecule has 82 valence electrons. The van der Waals surface area contributed by atoms with E-state index < -0.39 is 7.60 Å². The second-order valence-electron chi connectivity index (χ2n) is 3.20. The number of hydrogen-bond acceptors (Lipinski definition) is 2. The third-order valence-corrected chi connectivity index (χ3v) is 4.85. The Morgan fingerprint density at radius 1 is 1.21 bits per heavy atom. The van der Waals surface area contributed by atoms with Gasteiger partial charge in [0.25, 0.3) is 0 Å². The van der Waals surface area contributed by atoms with Crippen LogP contribution in [0.4, 0.5) is 0 Å². The molecule has 1 atom stereocenters. The van der Waals surface area contributed by atoms with Gasteiger partial charge in [-0.25, -0.2) is 2.85 Å². The zero-order chi connectivity index (χ0) is 10.2. The zero-order valence-electron chi connectivity index (χ0n) is 8.04. The Hall–Kier alpha value is 1.88. The molecule has 0 rings (SSSR count). The van der Waals surface area contributed by atoms with Gasteiger partial charge in [0.1, 0.15) is 23.0 Å². The summed E-state index contributed by atoms with van der Waals surface area (Å²) in [7, 11) is -3.24. The monoisotopic (exact) mass is 344 g/mol. The molecule has 0 saturated carbocycles. The maximum absolute atomic E-state index is 11.0. The van der Waals surface area contributed by atoms with E-state index in [2.05, 4.69) is 9.78 Å². The van der Waals surface area contributed by atoms with Gasteiger partial charge < -0.3 is 4.89 Å². The fourth-order valence-electron chi connectivity index (χ4n) is 1.13. The van der Waals surface area contributed by atoms with Gasteiger partial charge in [0.15, 0.2) is 0 Å². The van der Waals surface area contributed by atoms with Crippen molar-refractivity contribution in [1.82, 2.24) is 0 Å². The van der Waals surface area contributed by atoms with E-state index >= 15 is 0 Å². The first kappa shape index (κ1) is 18.3. The van der Waals surface area contributed by atoms with Crippen molar-refractivity contribution < 1.29 is 12.3 Å². The van der Waals surface area contributed by atoms with Crippen LogP contribution in [0.15, 0.2) is 0 Å². The van der Waals surface area contributed by atoms with Gasteiger partial charge >= 0.3 is 37.2 Å². The molecule has 3 nitrogen and oxygen atoms in total. The molecule has 0 heterocycles. The molecular formula is C8H19INaO3P. The van der Waals surface area contributed by atoms with E-state index in [1.165, 1.54) is 42.3 Å². The molecule has 0 saturated heterocycles. The van der Waals surface area contributed by atoms with Gasteiger partial charge in [-0.3, -0.25) is 4.57 Å². The van der Waals surface area contributed by atoms with Crippen LogP contribution in [0.5, 0.6) is 0 Å². The first-order chi connectivity index (χ1) is 6.12. The summed E-state index contributed by atoms with van der Waals surface area (Å²) >= 11 is 1.49. The third kappa shape index (κ3) is 12.0. The van der Waals surface area contributed by atoms with E-state index in [4.69, 9.17) is 4.89 Å². The number of halogens is 1. The number of unbranched alkanes of at least 4 members (excludes halogenated alkanes) is 5. The zero-order valence-corrected chi connectivity index (χ0v) is 11.1. The average molecular weight is 344 g/mol. The molecule has 0 aromatic heterocycles. The molecule has 14 heavy (non-hydrogen) atoms. The second-order valence-corrected chi connectivity index (χ2v) is 6.24. The summed E-state index contributed by atoms with van der Waals surface area (Å²) < 4.78 is 15.4. The van der Waals surface area contributed by atoms with Gasteiger partial charge in [-0.2, -0.15) is 0 Å². The summed E-state index contributed by atoms with van der Waals surface area (Å²) in [4.78, 5) is 9.05. The van der Waals surface area contributed by atoms with E-state index in [0.29, 0.717) is 6.16 Å². The summed E-state index contributed by atoms with van der Waals surface area (Å²) in [5.74, 6) is 0. The van der Waals surface area contributed by atoms with Crippen LogP contribution in [-0.2, 0) is 7.42 Å². The van der Waals surface area contributed by atoms with Gasteiger partial charge in [0.05, 0.1) is 6.16 Å². The minimum absolute atomic E-state index is 0. The topological polar surface area (TPSA) is 46.5 Å².